The van der Waals surface area contributed by atoms with Gasteiger partial charge in [-0.05, 0) is 36.7 Å². The summed E-state index contributed by atoms with van der Waals surface area (Å²) < 4.78 is 41.4. The molecule has 0 aromatic rings. The summed E-state index contributed by atoms with van der Waals surface area (Å²) in [5.74, 6) is -1.84. The SMILES string of the molecule is CC(C)[C@]12O[C@H]1[C@@H]1O[C@]13[C@]1(O[C@H]1C[C@H]1C4=C(CC[C@@]13C)C(=O)OC4)[C@@H]2OC(=O)CCC(=O)O[C@H]1C(O)O[C@H](CO)[C@@H](O)[C@@H]1O. The molecule has 0 aromatic carbocycles. The van der Waals surface area contributed by atoms with Crippen LogP contribution in [-0.4, -0.2) is 123 Å². The van der Waals surface area contributed by atoms with E-state index in [9.17, 15) is 34.8 Å². The average Bonchev–Trinajstić information content (AvgIpc) is 3.90. The van der Waals surface area contributed by atoms with Gasteiger partial charge in [0, 0.05) is 11.0 Å². The largest absolute Gasteiger partial charge is 0.458 e. The van der Waals surface area contributed by atoms with E-state index in [1.807, 2.05) is 13.8 Å². The van der Waals surface area contributed by atoms with Gasteiger partial charge in [-0.15, -0.1) is 0 Å². The molecule has 0 radical (unpaired) electrons. The highest BCUT2D eigenvalue weighted by molar-refractivity contribution is 5.92. The zero-order valence-corrected chi connectivity index (χ0v) is 24.7. The van der Waals surface area contributed by atoms with Gasteiger partial charge in [0.05, 0.1) is 25.6 Å². The summed E-state index contributed by atoms with van der Waals surface area (Å²) in [5, 5.41) is 39.7. The maximum Gasteiger partial charge on any atom is 0.334 e. The molecule has 14 nitrogen and oxygen atoms in total. The van der Waals surface area contributed by atoms with Crippen LogP contribution in [0, 0.1) is 17.3 Å². The van der Waals surface area contributed by atoms with Crippen molar-refractivity contribution in [1.29, 1.82) is 0 Å². The van der Waals surface area contributed by atoms with Gasteiger partial charge in [-0.2, -0.15) is 0 Å². The van der Waals surface area contributed by atoms with Crippen LogP contribution in [0.5, 0.6) is 0 Å². The van der Waals surface area contributed by atoms with Crippen LogP contribution in [0.4, 0.5) is 0 Å². The van der Waals surface area contributed by atoms with Crippen molar-refractivity contribution in [2.45, 2.75) is 125 Å². The van der Waals surface area contributed by atoms with Crippen LogP contribution < -0.4 is 0 Å². The topological polar surface area (TPSA) is 207 Å². The molecule has 0 bridgehead atoms. The number of cyclic esters (lactones) is 1. The summed E-state index contributed by atoms with van der Waals surface area (Å²) in [6, 6.07) is 0. The summed E-state index contributed by atoms with van der Waals surface area (Å²) >= 11 is 0. The highest BCUT2D eigenvalue weighted by Crippen LogP contribution is 2.83. The maximum absolute atomic E-state index is 13.4. The standard InChI is InChI=1S/C30H38O14/c1-11(2)28-22(43-28)23-30(44-23)27(3)7-6-12-13(10-38-24(12)36)14(27)8-16-29(30,42-16)26(28)41-18(33)5-4-17(32)40-21-20(35)19(34)15(9-31)39-25(21)37/h11,14-16,19-23,25-26,31,34-35,37H,4-10H2,1-3H3/t14-,15+,16-,19+,20-,21+,22-,23-,25?,26+,27-,28-,29+,30+/m0/s1. The Morgan fingerprint density at radius 2 is 1.75 bits per heavy atom. The number of fused-ring (bicyclic) bond motifs is 4. The second-order valence-electron chi connectivity index (χ2n) is 14.1. The van der Waals surface area contributed by atoms with E-state index in [0.717, 1.165) is 11.1 Å². The van der Waals surface area contributed by atoms with Gasteiger partial charge in [0.1, 0.15) is 48.3 Å². The summed E-state index contributed by atoms with van der Waals surface area (Å²) in [4.78, 5) is 38.4. The van der Waals surface area contributed by atoms with E-state index in [1.54, 1.807) is 0 Å². The molecule has 5 aliphatic heterocycles. The van der Waals surface area contributed by atoms with E-state index in [2.05, 4.69) is 6.92 Å². The minimum absolute atomic E-state index is 0.0281. The molecule has 3 aliphatic carbocycles. The first-order valence-corrected chi connectivity index (χ1v) is 15.5. The molecule has 44 heavy (non-hydrogen) atoms. The Labute approximate surface area is 252 Å². The zero-order valence-electron chi connectivity index (χ0n) is 24.7. The lowest BCUT2D eigenvalue weighted by molar-refractivity contribution is -0.290. The lowest BCUT2D eigenvalue weighted by Gasteiger charge is -2.53. The van der Waals surface area contributed by atoms with Gasteiger partial charge in [-0.3, -0.25) is 9.59 Å². The van der Waals surface area contributed by atoms with Crippen LogP contribution in [-0.2, 0) is 47.5 Å². The van der Waals surface area contributed by atoms with E-state index in [4.69, 9.17) is 33.2 Å². The maximum atomic E-state index is 13.4. The smallest absolute Gasteiger partial charge is 0.334 e. The van der Waals surface area contributed by atoms with Crippen molar-refractivity contribution in [3.63, 3.8) is 0 Å². The first kappa shape index (κ1) is 29.2. The number of rotatable bonds is 7. The Kier molecular flexibility index (Phi) is 6.13. The third-order valence-corrected chi connectivity index (χ3v) is 12.0. The fourth-order valence-corrected chi connectivity index (χ4v) is 9.65. The van der Waals surface area contributed by atoms with Gasteiger partial charge in [0.2, 0.25) is 0 Å². The van der Waals surface area contributed by atoms with Crippen molar-refractivity contribution in [1.82, 2.24) is 0 Å². The molecular weight excluding hydrogens is 584 g/mol. The van der Waals surface area contributed by atoms with E-state index >= 15 is 0 Å². The number of hydrogen-bond acceptors (Lipinski definition) is 14. The van der Waals surface area contributed by atoms with Gasteiger partial charge < -0.3 is 53.6 Å². The van der Waals surface area contributed by atoms with Gasteiger partial charge in [0.25, 0.3) is 0 Å². The van der Waals surface area contributed by atoms with E-state index in [1.165, 1.54) is 0 Å². The lowest BCUT2D eigenvalue weighted by Crippen LogP contribution is -2.70. The van der Waals surface area contributed by atoms with E-state index in [-0.39, 0.29) is 49.1 Å². The molecule has 0 amide bonds. The predicted octanol–water partition coefficient (Wildman–Crippen LogP) is -1.22. The third kappa shape index (κ3) is 3.40. The number of carbonyl (C=O) groups excluding carboxylic acids is 3. The fourth-order valence-electron chi connectivity index (χ4n) is 9.65. The summed E-state index contributed by atoms with van der Waals surface area (Å²) in [6.45, 7) is 5.82. The highest BCUT2D eigenvalue weighted by atomic mass is 16.8. The summed E-state index contributed by atoms with van der Waals surface area (Å²) in [7, 11) is 0. The molecule has 1 unspecified atom stereocenters. The van der Waals surface area contributed by atoms with Crippen molar-refractivity contribution >= 4 is 17.9 Å². The molecule has 242 valence electrons. The van der Waals surface area contributed by atoms with Gasteiger partial charge >= 0.3 is 17.9 Å². The normalized spacial score (nSPS) is 52.4. The van der Waals surface area contributed by atoms with Crippen LogP contribution in [0.3, 0.4) is 0 Å². The van der Waals surface area contributed by atoms with Gasteiger partial charge in [-0.1, -0.05) is 20.8 Å². The average molecular weight is 623 g/mol. The van der Waals surface area contributed by atoms with Crippen molar-refractivity contribution in [3.8, 4) is 0 Å². The number of carbonyl (C=O) groups is 3. The van der Waals surface area contributed by atoms with Crippen LogP contribution in [0.1, 0.15) is 52.9 Å². The second kappa shape index (κ2) is 9.22. The predicted molar refractivity (Wildman–Crippen MR) is 140 cm³/mol. The van der Waals surface area contributed by atoms with E-state index in [0.29, 0.717) is 19.3 Å². The molecule has 4 N–H and O–H groups in total. The lowest BCUT2D eigenvalue weighted by atomic mass is 9.46. The molecule has 0 aromatic heterocycles. The fraction of sp³-hybridized carbons (Fsp3) is 0.833. The number of esters is 3. The Bertz CT molecular complexity index is 1350. The Morgan fingerprint density at radius 3 is 2.45 bits per heavy atom. The van der Waals surface area contributed by atoms with Gasteiger partial charge in [0.15, 0.2) is 24.1 Å². The molecule has 14 atom stereocenters. The minimum atomic E-state index is -1.78. The van der Waals surface area contributed by atoms with Crippen LogP contribution in [0.15, 0.2) is 11.1 Å². The van der Waals surface area contributed by atoms with Crippen molar-refractivity contribution in [3.05, 3.63) is 11.1 Å². The zero-order chi connectivity index (χ0) is 31.1. The molecule has 4 saturated heterocycles. The highest BCUT2D eigenvalue weighted by Gasteiger charge is 3.01. The molecular formula is C30H38O14. The summed E-state index contributed by atoms with van der Waals surface area (Å²) in [5.41, 5.74) is -1.10. The molecule has 8 aliphatic rings. The third-order valence-electron chi connectivity index (χ3n) is 12.0. The number of hydrogen-bond donors (Lipinski definition) is 4. The molecule has 5 heterocycles. The van der Waals surface area contributed by atoms with Crippen molar-refractivity contribution < 1.29 is 68.0 Å². The van der Waals surface area contributed by atoms with Gasteiger partial charge in [-0.25, -0.2) is 4.79 Å². The molecule has 6 fully saturated rings. The van der Waals surface area contributed by atoms with E-state index < -0.39 is 84.0 Å². The van der Waals surface area contributed by atoms with Crippen LogP contribution >= 0.6 is 0 Å². The minimum Gasteiger partial charge on any atom is -0.458 e. The number of aliphatic hydroxyl groups excluding tert-OH is 4. The number of aliphatic hydroxyl groups is 4. The quantitative estimate of drug-likeness (QED) is 0.149. The first-order chi connectivity index (χ1) is 20.9. The monoisotopic (exact) mass is 622 g/mol. The van der Waals surface area contributed by atoms with Crippen molar-refractivity contribution in [2.24, 2.45) is 17.3 Å². The molecule has 8 rings (SSSR count). The summed E-state index contributed by atoms with van der Waals surface area (Å²) in [6.07, 6.45) is -8.37. The Morgan fingerprint density at radius 1 is 1.02 bits per heavy atom. The Balaban J connectivity index is 1.00. The molecule has 2 spiro atoms. The van der Waals surface area contributed by atoms with Crippen LogP contribution in [0.2, 0.25) is 0 Å². The first-order valence-electron chi connectivity index (χ1n) is 15.5. The van der Waals surface area contributed by atoms with Crippen LogP contribution in [0.25, 0.3) is 0 Å². The second-order valence-corrected chi connectivity index (χ2v) is 14.1. The molecule has 14 heteroatoms. The number of ether oxygens (including phenoxy) is 7. The molecule has 2 saturated carbocycles. The Hall–Kier alpha value is -2.17. The van der Waals surface area contributed by atoms with Crippen molar-refractivity contribution in [2.75, 3.05) is 13.2 Å². The number of epoxide rings is 3.